The summed E-state index contributed by atoms with van der Waals surface area (Å²) in [5.41, 5.74) is 2.62. The number of amides is 1. The molecule has 140 valence electrons. The van der Waals surface area contributed by atoms with Gasteiger partial charge in [0.2, 0.25) is 5.95 Å². The van der Waals surface area contributed by atoms with Gasteiger partial charge in [0.15, 0.2) is 0 Å². The summed E-state index contributed by atoms with van der Waals surface area (Å²) in [4.78, 5) is 20.9. The summed E-state index contributed by atoms with van der Waals surface area (Å²) in [6.45, 7) is 1.87. The summed E-state index contributed by atoms with van der Waals surface area (Å²) in [6, 6.07) is 13.7. The lowest BCUT2D eigenvalue weighted by molar-refractivity contribution is 0.102. The number of aryl methyl sites for hydroxylation is 1. The summed E-state index contributed by atoms with van der Waals surface area (Å²) in [7, 11) is 1.53. The highest BCUT2D eigenvalue weighted by atomic mass is 35.5. The molecule has 0 aliphatic carbocycles. The number of benzene rings is 2. The molecule has 0 radical (unpaired) electrons. The smallest absolute Gasteiger partial charge is 0.274 e. The van der Waals surface area contributed by atoms with E-state index in [2.05, 4.69) is 20.6 Å². The maximum Gasteiger partial charge on any atom is 0.274 e. The molecule has 0 spiro atoms. The third-order valence-corrected chi connectivity index (χ3v) is 4.27. The summed E-state index contributed by atoms with van der Waals surface area (Å²) < 4.78 is 5.32. The van der Waals surface area contributed by atoms with Crippen molar-refractivity contribution in [1.29, 1.82) is 5.26 Å². The minimum atomic E-state index is -0.417. The van der Waals surface area contributed by atoms with Gasteiger partial charge in [-0.05, 0) is 42.8 Å². The first kappa shape index (κ1) is 19.1. The van der Waals surface area contributed by atoms with Gasteiger partial charge in [0.1, 0.15) is 11.4 Å². The third-order valence-electron chi connectivity index (χ3n) is 3.86. The molecule has 8 heteroatoms. The highest BCUT2D eigenvalue weighted by Gasteiger charge is 2.12. The van der Waals surface area contributed by atoms with Crippen LogP contribution in [0.15, 0.2) is 48.7 Å². The molecule has 0 saturated carbocycles. The average molecular weight is 394 g/mol. The second kappa shape index (κ2) is 8.37. The summed E-state index contributed by atoms with van der Waals surface area (Å²) >= 11 is 6.12. The minimum Gasteiger partial charge on any atom is -0.495 e. The van der Waals surface area contributed by atoms with E-state index in [0.717, 1.165) is 5.56 Å². The van der Waals surface area contributed by atoms with Crippen molar-refractivity contribution in [2.45, 2.75) is 6.92 Å². The number of nitriles is 1. The van der Waals surface area contributed by atoms with E-state index >= 15 is 0 Å². The standard InChI is InChI=1S/C20H16ClN5O2/c1-12-8-17(18(28-2)10-15(12)21)26-20-23-7-6-16(25-20)19(27)24-14-5-3-4-13(9-14)11-22/h3-10H,1-2H3,(H,24,27)(H,23,25,26). The number of aromatic nitrogens is 2. The second-order valence-corrected chi connectivity index (χ2v) is 6.25. The van der Waals surface area contributed by atoms with E-state index in [1.807, 2.05) is 19.1 Å². The van der Waals surface area contributed by atoms with Crippen molar-refractivity contribution in [3.05, 3.63) is 70.5 Å². The SMILES string of the molecule is COc1cc(Cl)c(C)cc1Nc1nccc(C(=O)Nc2cccc(C#N)c2)n1. The lowest BCUT2D eigenvalue weighted by atomic mass is 10.2. The molecule has 2 N–H and O–H groups in total. The van der Waals surface area contributed by atoms with E-state index in [1.165, 1.54) is 19.4 Å². The fraction of sp³-hybridized carbons (Fsp3) is 0.100. The van der Waals surface area contributed by atoms with Crippen molar-refractivity contribution in [2.24, 2.45) is 0 Å². The first-order valence-electron chi connectivity index (χ1n) is 8.26. The second-order valence-electron chi connectivity index (χ2n) is 5.84. The van der Waals surface area contributed by atoms with Gasteiger partial charge in [-0.3, -0.25) is 4.79 Å². The number of hydrogen-bond donors (Lipinski definition) is 2. The van der Waals surface area contributed by atoms with E-state index in [9.17, 15) is 4.79 Å². The zero-order valence-electron chi connectivity index (χ0n) is 15.2. The molecule has 3 rings (SSSR count). The van der Waals surface area contributed by atoms with Gasteiger partial charge in [0.05, 0.1) is 24.4 Å². The van der Waals surface area contributed by atoms with Gasteiger partial charge in [0.25, 0.3) is 5.91 Å². The van der Waals surface area contributed by atoms with E-state index in [4.69, 9.17) is 21.6 Å². The number of nitrogens with one attached hydrogen (secondary N) is 2. The number of carbonyl (C=O) groups excluding carboxylic acids is 1. The number of hydrogen-bond acceptors (Lipinski definition) is 6. The molecule has 0 atom stereocenters. The minimum absolute atomic E-state index is 0.171. The zero-order chi connectivity index (χ0) is 20.1. The molecule has 0 unspecified atom stereocenters. The van der Waals surface area contributed by atoms with E-state index in [0.29, 0.717) is 27.7 Å². The Bertz CT molecular complexity index is 1080. The van der Waals surface area contributed by atoms with Crippen LogP contribution in [-0.2, 0) is 0 Å². The van der Waals surface area contributed by atoms with Crippen LogP contribution in [0.1, 0.15) is 21.6 Å². The molecule has 28 heavy (non-hydrogen) atoms. The predicted molar refractivity (Wildman–Crippen MR) is 107 cm³/mol. The normalized spacial score (nSPS) is 10.1. The molecule has 0 aliphatic heterocycles. The quantitative estimate of drug-likeness (QED) is 0.669. The van der Waals surface area contributed by atoms with Crippen LogP contribution in [0, 0.1) is 18.3 Å². The average Bonchev–Trinajstić information content (AvgIpc) is 2.71. The Morgan fingerprint density at radius 1 is 1.25 bits per heavy atom. The van der Waals surface area contributed by atoms with Crippen LogP contribution in [0.3, 0.4) is 0 Å². The summed E-state index contributed by atoms with van der Waals surface area (Å²) in [5.74, 6) is 0.348. The summed E-state index contributed by atoms with van der Waals surface area (Å²) in [5, 5.41) is 15.3. The molecule has 1 aromatic heterocycles. The highest BCUT2D eigenvalue weighted by Crippen LogP contribution is 2.32. The van der Waals surface area contributed by atoms with Crippen LogP contribution in [0.4, 0.5) is 17.3 Å². The van der Waals surface area contributed by atoms with Crippen molar-refractivity contribution in [3.63, 3.8) is 0 Å². The van der Waals surface area contributed by atoms with Gasteiger partial charge in [-0.1, -0.05) is 17.7 Å². The molecule has 0 fully saturated rings. The lowest BCUT2D eigenvalue weighted by Crippen LogP contribution is -2.15. The molecule has 0 bridgehead atoms. The molecular formula is C20H16ClN5O2. The number of carbonyl (C=O) groups is 1. The van der Waals surface area contributed by atoms with Gasteiger partial charge in [-0.15, -0.1) is 0 Å². The molecule has 3 aromatic rings. The highest BCUT2D eigenvalue weighted by molar-refractivity contribution is 6.31. The number of anilines is 3. The molecule has 0 saturated heterocycles. The Labute approximate surface area is 167 Å². The van der Waals surface area contributed by atoms with Crippen LogP contribution in [-0.4, -0.2) is 23.0 Å². The molecule has 0 aliphatic rings. The monoisotopic (exact) mass is 393 g/mol. The van der Waals surface area contributed by atoms with Gasteiger partial charge in [-0.25, -0.2) is 9.97 Å². The van der Waals surface area contributed by atoms with Crippen molar-refractivity contribution in [1.82, 2.24) is 9.97 Å². The fourth-order valence-corrected chi connectivity index (χ4v) is 2.61. The Morgan fingerprint density at radius 2 is 2.07 bits per heavy atom. The first-order valence-corrected chi connectivity index (χ1v) is 8.63. The van der Waals surface area contributed by atoms with Crippen molar-refractivity contribution < 1.29 is 9.53 Å². The van der Waals surface area contributed by atoms with E-state index in [-0.39, 0.29) is 11.6 Å². The molecule has 1 heterocycles. The van der Waals surface area contributed by atoms with Crippen LogP contribution >= 0.6 is 11.6 Å². The molecule has 2 aromatic carbocycles. The Hall–Kier alpha value is -3.63. The molecular weight excluding hydrogens is 378 g/mol. The largest absolute Gasteiger partial charge is 0.495 e. The topological polar surface area (TPSA) is 99.9 Å². The lowest BCUT2D eigenvalue weighted by Gasteiger charge is -2.12. The Kier molecular flexibility index (Phi) is 5.72. The van der Waals surface area contributed by atoms with Gasteiger partial charge in [-0.2, -0.15) is 5.26 Å². The number of methoxy groups -OCH3 is 1. The number of ether oxygens (including phenoxy) is 1. The van der Waals surface area contributed by atoms with Gasteiger partial charge in [0, 0.05) is 23.0 Å². The van der Waals surface area contributed by atoms with Crippen molar-refractivity contribution in [2.75, 3.05) is 17.7 Å². The summed E-state index contributed by atoms with van der Waals surface area (Å²) in [6.07, 6.45) is 1.48. The third kappa shape index (κ3) is 4.37. The molecule has 7 nitrogen and oxygen atoms in total. The number of rotatable bonds is 5. The first-order chi connectivity index (χ1) is 13.5. The van der Waals surface area contributed by atoms with Gasteiger partial charge < -0.3 is 15.4 Å². The maximum absolute atomic E-state index is 12.5. The number of nitrogens with zero attached hydrogens (tertiary/aromatic N) is 3. The Morgan fingerprint density at radius 3 is 2.82 bits per heavy atom. The fourth-order valence-electron chi connectivity index (χ4n) is 2.46. The van der Waals surface area contributed by atoms with E-state index < -0.39 is 5.91 Å². The van der Waals surface area contributed by atoms with Crippen molar-refractivity contribution in [3.8, 4) is 11.8 Å². The van der Waals surface area contributed by atoms with Crippen LogP contribution in [0.5, 0.6) is 5.75 Å². The van der Waals surface area contributed by atoms with Crippen LogP contribution in [0.2, 0.25) is 5.02 Å². The zero-order valence-corrected chi connectivity index (χ0v) is 15.9. The van der Waals surface area contributed by atoms with Gasteiger partial charge >= 0.3 is 0 Å². The van der Waals surface area contributed by atoms with Crippen LogP contribution in [0.25, 0.3) is 0 Å². The molecule has 1 amide bonds. The predicted octanol–water partition coefficient (Wildman–Crippen LogP) is 4.31. The maximum atomic E-state index is 12.5. The Balaban J connectivity index is 1.81. The van der Waals surface area contributed by atoms with Crippen LogP contribution < -0.4 is 15.4 Å². The van der Waals surface area contributed by atoms with Crippen molar-refractivity contribution >= 4 is 34.8 Å². The van der Waals surface area contributed by atoms with E-state index in [1.54, 1.807) is 30.3 Å². The number of halogens is 1.